The largest absolute Gasteiger partial charge is 0.339 e. The average molecular weight is 273 g/mol. The van der Waals surface area contributed by atoms with Gasteiger partial charge in [-0.3, -0.25) is 0 Å². The zero-order chi connectivity index (χ0) is 14.5. The Morgan fingerprint density at radius 2 is 1.95 bits per heavy atom. The zero-order valence-electron chi connectivity index (χ0n) is 12.7. The van der Waals surface area contributed by atoms with E-state index in [2.05, 4.69) is 60.5 Å². The van der Waals surface area contributed by atoms with Gasteiger partial charge in [0.25, 0.3) is 0 Å². The summed E-state index contributed by atoms with van der Waals surface area (Å²) in [7, 11) is 1.94. The monoisotopic (exact) mass is 273 g/mol. The molecule has 0 fully saturated rings. The summed E-state index contributed by atoms with van der Waals surface area (Å²) in [4.78, 5) is 4.48. The third-order valence-corrected chi connectivity index (χ3v) is 3.69. The molecule has 0 radical (unpaired) electrons. The lowest BCUT2D eigenvalue weighted by molar-refractivity contribution is 0.365. The van der Waals surface area contributed by atoms with Crippen molar-refractivity contribution in [2.45, 2.75) is 45.6 Å². The first-order chi connectivity index (χ1) is 9.60. The first kappa shape index (κ1) is 14.7. The number of nitrogens with zero attached hydrogens (tertiary/aromatic N) is 2. The lowest BCUT2D eigenvalue weighted by Gasteiger charge is -2.12. The maximum Gasteiger partial charge on any atom is 0.227 e. The molecule has 1 N–H and O–H groups in total. The topological polar surface area (TPSA) is 51.0 Å². The van der Waals surface area contributed by atoms with Crippen LogP contribution in [-0.2, 0) is 12.8 Å². The summed E-state index contributed by atoms with van der Waals surface area (Å²) in [5.41, 5.74) is 2.65. The first-order valence-electron chi connectivity index (χ1n) is 7.14. The molecule has 2 unspecified atom stereocenters. The molecular formula is C16H23N3O. The summed E-state index contributed by atoms with van der Waals surface area (Å²) in [6, 6.07) is 8.80. The predicted molar refractivity (Wildman–Crippen MR) is 79.8 cm³/mol. The van der Waals surface area contributed by atoms with Crippen molar-refractivity contribution in [2.75, 3.05) is 7.05 Å². The number of aromatic nitrogens is 2. The molecule has 2 atom stereocenters. The summed E-state index contributed by atoms with van der Waals surface area (Å²) in [6.45, 7) is 6.44. The Bertz CT molecular complexity index is 550. The van der Waals surface area contributed by atoms with Crippen molar-refractivity contribution in [2.24, 2.45) is 0 Å². The Balaban J connectivity index is 2.02. The Labute approximate surface area is 120 Å². The molecule has 4 nitrogen and oxygen atoms in total. The Hall–Kier alpha value is -1.68. The molecule has 1 heterocycles. The predicted octanol–water partition coefficient (Wildman–Crippen LogP) is 2.87. The lowest BCUT2D eigenvalue weighted by Crippen LogP contribution is -2.24. The number of rotatable bonds is 6. The van der Waals surface area contributed by atoms with Crippen molar-refractivity contribution in [3.63, 3.8) is 0 Å². The molecule has 0 aliphatic heterocycles. The van der Waals surface area contributed by atoms with Crippen molar-refractivity contribution in [1.82, 2.24) is 15.5 Å². The van der Waals surface area contributed by atoms with E-state index in [9.17, 15) is 0 Å². The van der Waals surface area contributed by atoms with E-state index < -0.39 is 0 Å². The van der Waals surface area contributed by atoms with Crippen LogP contribution in [0.15, 0.2) is 28.8 Å². The van der Waals surface area contributed by atoms with Gasteiger partial charge in [0.05, 0.1) is 0 Å². The van der Waals surface area contributed by atoms with Gasteiger partial charge in [-0.2, -0.15) is 4.98 Å². The molecule has 2 rings (SSSR count). The highest BCUT2D eigenvalue weighted by atomic mass is 16.5. The van der Waals surface area contributed by atoms with Crippen molar-refractivity contribution < 1.29 is 4.52 Å². The van der Waals surface area contributed by atoms with Crippen LogP contribution in [0.2, 0.25) is 0 Å². The Morgan fingerprint density at radius 1 is 1.20 bits per heavy atom. The highest BCUT2D eigenvalue weighted by molar-refractivity contribution is 5.29. The van der Waals surface area contributed by atoms with Crippen LogP contribution in [0.1, 0.15) is 42.6 Å². The number of hydrogen-bond acceptors (Lipinski definition) is 4. The number of benzene rings is 1. The van der Waals surface area contributed by atoms with Crippen LogP contribution in [-0.4, -0.2) is 23.2 Å². The molecule has 0 saturated heterocycles. The van der Waals surface area contributed by atoms with Gasteiger partial charge in [-0.05, 0) is 37.9 Å². The van der Waals surface area contributed by atoms with E-state index in [0.717, 1.165) is 24.6 Å². The normalized spacial score (nSPS) is 14.2. The second-order valence-corrected chi connectivity index (χ2v) is 5.46. The van der Waals surface area contributed by atoms with Gasteiger partial charge >= 0.3 is 0 Å². The van der Waals surface area contributed by atoms with E-state index >= 15 is 0 Å². The van der Waals surface area contributed by atoms with Gasteiger partial charge < -0.3 is 9.84 Å². The van der Waals surface area contributed by atoms with Gasteiger partial charge in [0.2, 0.25) is 5.89 Å². The van der Waals surface area contributed by atoms with Crippen LogP contribution in [0.25, 0.3) is 0 Å². The molecule has 108 valence electrons. The van der Waals surface area contributed by atoms with Crippen LogP contribution in [0, 0.1) is 6.92 Å². The lowest BCUT2D eigenvalue weighted by atomic mass is 9.94. The summed E-state index contributed by atoms with van der Waals surface area (Å²) >= 11 is 0. The smallest absolute Gasteiger partial charge is 0.227 e. The summed E-state index contributed by atoms with van der Waals surface area (Å²) in [5.74, 6) is 1.88. The third kappa shape index (κ3) is 3.67. The van der Waals surface area contributed by atoms with Crippen molar-refractivity contribution in [3.05, 3.63) is 47.1 Å². The molecule has 1 aromatic carbocycles. The third-order valence-electron chi connectivity index (χ3n) is 3.69. The van der Waals surface area contributed by atoms with Crippen LogP contribution in [0.5, 0.6) is 0 Å². The Kier molecular flexibility index (Phi) is 4.90. The van der Waals surface area contributed by atoms with E-state index in [-0.39, 0.29) is 0 Å². The van der Waals surface area contributed by atoms with Gasteiger partial charge in [0.15, 0.2) is 5.82 Å². The van der Waals surface area contributed by atoms with Crippen molar-refractivity contribution in [3.8, 4) is 0 Å². The van der Waals surface area contributed by atoms with E-state index in [1.54, 1.807) is 0 Å². The molecule has 20 heavy (non-hydrogen) atoms. The fraction of sp³-hybridized carbons (Fsp3) is 0.500. The average Bonchev–Trinajstić information content (AvgIpc) is 2.86. The van der Waals surface area contributed by atoms with Gasteiger partial charge in [0, 0.05) is 18.9 Å². The van der Waals surface area contributed by atoms with Crippen LogP contribution >= 0.6 is 0 Å². The molecular weight excluding hydrogens is 250 g/mol. The number of aryl methyl sites for hydroxylation is 1. The van der Waals surface area contributed by atoms with Crippen LogP contribution < -0.4 is 5.32 Å². The SMILES string of the molecule is CNC(C)Cc1noc(CC(C)c2ccccc2C)n1. The molecule has 0 bridgehead atoms. The molecule has 0 aliphatic carbocycles. The van der Waals surface area contributed by atoms with E-state index in [0.29, 0.717) is 12.0 Å². The molecule has 0 saturated carbocycles. The molecule has 2 aromatic rings. The molecule has 0 spiro atoms. The van der Waals surface area contributed by atoms with Gasteiger partial charge in [-0.25, -0.2) is 0 Å². The van der Waals surface area contributed by atoms with Gasteiger partial charge in [-0.1, -0.05) is 36.3 Å². The summed E-state index contributed by atoms with van der Waals surface area (Å²) < 4.78 is 5.35. The number of nitrogens with one attached hydrogen (secondary N) is 1. The maximum atomic E-state index is 5.35. The zero-order valence-corrected chi connectivity index (χ0v) is 12.7. The molecule has 1 aromatic heterocycles. The summed E-state index contributed by atoms with van der Waals surface area (Å²) in [6.07, 6.45) is 1.57. The quantitative estimate of drug-likeness (QED) is 0.879. The molecule has 0 aliphatic rings. The highest BCUT2D eigenvalue weighted by Crippen LogP contribution is 2.22. The van der Waals surface area contributed by atoms with Crippen molar-refractivity contribution in [1.29, 1.82) is 0 Å². The molecule has 4 heteroatoms. The number of likely N-dealkylation sites (N-methyl/N-ethyl adjacent to an activating group) is 1. The van der Waals surface area contributed by atoms with E-state index in [1.807, 2.05) is 7.05 Å². The standard InChI is InChI=1S/C16H23N3O/c1-11-7-5-6-8-14(11)12(2)9-16-18-15(19-20-16)10-13(3)17-4/h5-8,12-13,17H,9-10H2,1-4H3. The fourth-order valence-electron chi connectivity index (χ4n) is 2.34. The van der Waals surface area contributed by atoms with E-state index in [1.165, 1.54) is 11.1 Å². The van der Waals surface area contributed by atoms with E-state index in [4.69, 9.17) is 4.52 Å². The molecule has 0 amide bonds. The number of hydrogen-bond donors (Lipinski definition) is 1. The van der Waals surface area contributed by atoms with Gasteiger partial charge in [-0.15, -0.1) is 0 Å². The first-order valence-corrected chi connectivity index (χ1v) is 7.14. The van der Waals surface area contributed by atoms with Crippen molar-refractivity contribution >= 4 is 0 Å². The van der Waals surface area contributed by atoms with Gasteiger partial charge in [0.1, 0.15) is 0 Å². The highest BCUT2D eigenvalue weighted by Gasteiger charge is 2.14. The fourth-order valence-corrected chi connectivity index (χ4v) is 2.34. The minimum atomic E-state index is 0.356. The minimum absolute atomic E-state index is 0.356. The Morgan fingerprint density at radius 3 is 2.65 bits per heavy atom. The summed E-state index contributed by atoms with van der Waals surface area (Å²) in [5, 5.41) is 7.22. The second-order valence-electron chi connectivity index (χ2n) is 5.46. The second kappa shape index (κ2) is 6.66. The van der Waals surface area contributed by atoms with Crippen LogP contribution in [0.4, 0.5) is 0 Å². The maximum absolute atomic E-state index is 5.35. The minimum Gasteiger partial charge on any atom is -0.339 e. The van der Waals surface area contributed by atoms with Crippen LogP contribution in [0.3, 0.4) is 0 Å².